The summed E-state index contributed by atoms with van der Waals surface area (Å²) in [6.45, 7) is 0. The summed E-state index contributed by atoms with van der Waals surface area (Å²) in [4.78, 5) is 33.7. The minimum atomic E-state index is -0.590. The monoisotopic (exact) mass is 512 g/mol. The molecule has 184 valence electrons. The summed E-state index contributed by atoms with van der Waals surface area (Å²) in [5.74, 6) is -0.402. The molecule has 10 heteroatoms. The van der Waals surface area contributed by atoms with Crippen LogP contribution in [0.3, 0.4) is 0 Å². The first kappa shape index (κ1) is 22.9. The number of halogens is 1. The highest BCUT2D eigenvalue weighted by molar-refractivity contribution is 7.07. The van der Waals surface area contributed by atoms with Crippen molar-refractivity contribution in [2.45, 2.75) is 0 Å². The van der Waals surface area contributed by atoms with E-state index in [9.17, 15) is 14.0 Å². The average Bonchev–Trinajstić information content (AvgIpc) is 3.62. The van der Waals surface area contributed by atoms with Gasteiger partial charge in [0.25, 0.3) is 5.91 Å². The molecule has 37 heavy (non-hydrogen) atoms. The number of rotatable bonds is 4. The molecule has 0 spiro atoms. The Labute approximate surface area is 214 Å². The fraction of sp³-hybridized carbons (Fsp3) is 0.111. The summed E-state index contributed by atoms with van der Waals surface area (Å²) in [5.41, 5.74) is 7.81. The first-order valence-corrected chi connectivity index (χ1v) is 12.4. The van der Waals surface area contributed by atoms with Crippen LogP contribution in [0.4, 0.5) is 4.39 Å². The lowest BCUT2D eigenvalue weighted by Crippen LogP contribution is -2.19. The summed E-state index contributed by atoms with van der Waals surface area (Å²) < 4.78 is 19.9. The fourth-order valence-electron chi connectivity index (χ4n) is 4.66. The van der Waals surface area contributed by atoms with Gasteiger partial charge in [0.2, 0.25) is 0 Å². The third kappa shape index (κ3) is 3.56. The number of nitrogens with one attached hydrogen (secondary N) is 1. The number of benzene rings is 3. The van der Waals surface area contributed by atoms with Crippen molar-refractivity contribution in [3.63, 3.8) is 0 Å². The lowest BCUT2D eigenvalue weighted by Gasteiger charge is -2.10. The zero-order chi connectivity index (χ0) is 25.8. The SMILES string of the molecule is CNC(=O)c1ccc(-c2ccc3c(c2)nc(-c2cscn2)n3-c2ccc3c(c2)n(C)c(=O)n3C)cc1F. The fourth-order valence-corrected chi connectivity index (χ4v) is 5.19. The van der Waals surface area contributed by atoms with Gasteiger partial charge in [-0.3, -0.25) is 18.5 Å². The average molecular weight is 513 g/mol. The Balaban J connectivity index is 1.54. The number of carbonyl (C=O) groups is 1. The number of fused-ring (bicyclic) bond motifs is 2. The molecule has 0 aliphatic carbocycles. The molecule has 0 radical (unpaired) electrons. The molecule has 8 nitrogen and oxygen atoms in total. The van der Waals surface area contributed by atoms with Crippen molar-refractivity contribution in [2.75, 3.05) is 7.05 Å². The standard InChI is InChI=1S/C27H21FN6O2S/c1-29-26(35)18-7-4-15(10-19(18)28)16-5-8-22-20(11-16)31-25(21-13-37-14-30-21)34(22)17-6-9-23-24(12-17)33(3)27(36)32(23)2/h4-14H,1-3H3,(H,29,35). The van der Waals surface area contributed by atoms with Crippen LogP contribution in [-0.2, 0) is 14.1 Å². The second kappa shape index (κ2) is 8.52. The Morgan fingerprint density at radius 1 is 0.946 bits per heavy atom. The smallest absolute Gasteiger partial charge is 0.328 e. The summed E-state index contributed by atoms with van der Waals surface area (Å²) in [6.07, 6.45) is 0. The second-order valence-electron chi connectivity index (χ2n) is 8.70. The molecule has 0 saturated carbocycles. The minimum absolute atomic E-state index is 0.00636. The molecule has 3 heterocycles. The molecular weight excluding hydrogens is 491 g/mol. The molecule has 0 aliphatic rings. The molecule has 1 N–H and O–H groups in total. The van der Waals surface area contributed by atoms with Crippen LogP contribution in [0.25, 0.3) is 50.4 Å². The van der Waals surface area contributed by atoms with Crippen LogP contribution in [-0.4, -0.2) is 36.6 Å². The van der Waals surface area contributed by atoms with Crippen molar-refractivity contribution >= 4 is 39.3 Å². The zero-order valence-corrected chi connectivity index (χ0v) is 21.0. The first-order chi connectivity index (χ1) is 17.9. The van der Waals surface area contributed by atoms with Gasteiger partial charge in [-0.25, -0.2) is 19.2 Å². The van der Waals surface area contributed by atoms with Crippen LogP contribution in [0.1, 0.15) is 10.4 Å². The van der Waals surface area contributed by atoms with Crippen molar-refractivity contribution in [2.24, 2.45) is 14.1 Å². The van der Waals surface area contributed by atoms with Gasteiger partial charge in [0.15, 0.2) is 5.82 Å². The molecule has 6 rings (SSSR count). The van der Waals surface area contributed by atoms with Gasteiger partial charge in [-0.2, -0.15) is 0 Å². The largest absolute Gasteiger partial charge is 0.355 e. The van der Waals surface area contributed by atoms with E-state index >= 15 is 0 Å². The molecule has 0 fully saturated rings. The van der Waals surface area contributed by atoms with E-state index in [4.69, 9.17) is 4.98 Å². The van der Waals surface area contributed by atoms with E-state index in [-0.39, 0.29) is 11.3 Å². The highest BCUT2D eigenvalue weighted by Crippen LogP contribution is 2.32. The summed E-state index contributed by atoms with van der Waals surface area (Å²) in [7, 11) is 4.97. The number of amides is 1. The van der Waals surface area contributed by atoms with E-state index in [1.807, 2.05) is 46.3 Å². The van der Waals surface area contributed by atoms with Gasteiger partial charge in [0.1, 0.15) is 11.5 Å². The molecular formula is C27H21FN6O2S. The normalized spacial score (nSPS) is 11.5. The highest BCUT2D eigenvalue weighted by Gasteiger charge is 2.19. The molecule has 6 aromatic rings. The maximum atomic E-state index is 14.6. The van der Waals surface area contributed by atoms with Crippen molar-refractivity contribution in [3.8, 4) is 28.3 Å². The van der Waals surface area contributed by atoms with Gasteiger partial charge < -0.3 is 5.32 Å². The Morgan fingerprint density at radius 3 is 2.41 bits per heavy atom. The predicted molar refractivity (Wildman–Crippen MR) is 143 cm³/mol. The summed E-state index contributed by atoms with van der Waals surface area (Å²) in [6, 6.07) is 16.1. The van der Waals surface area contributed by atoms with Gasteiger partial charge in [-0.15, -0.1) is 11.3 Å². The lowest BCUT2D eigenvalue weighted by molar-refractivity contribution is 0.0959. The molecule has 0 aliphatic heterocycles. The molecule has 3 aromatic heterocycles. The third-order valence-electron chi connectivity index (χ3n) is 6.60. The molecule has 0 unspecified atom stereocenters. The quantitative estimate of drug-likeness (QED) is 0.377. The predicted octanol–water partition coefficient (Wildman–Crippen LogP) is 4.51. The molecule has 0 atom stereocenters. The van der Waals surface area contributed by atoms with Gasteiger partial charge in [0.05, 0.1) is 33.1 Å². The van der Waals surface area contributed by atoms with Crippen molar-refractivity contribution in [1.82, 2.24) is 29.0 Å². The number of carbonyl (C=O) groups excluding carboxylic acids is 1. The number of nitrogens with zero attached hydrogens (tertiary/aromatic N) is 5. The van der Waals surface area contributed by atoms with Crippen LogP contribution < -0.4 is 11.0 Å². The van der Waals surface area contributed by atoms with E-state index < -0.39 is 11.7 Å². The Morgan fingerprint density at radius 2 is 1.68 bits per heavy atom. The Kier molecular flexibility index (Phi) is 5.27. The number of aryl methyl sites for hydroxylation is 2. The maximum Gasteiger partial charge on any atom is 0.328 e. The molecule has 3 aromatic carbocycles. The highest BCUT2D eigenvalue weighted by atomic mass is 32.1. The minimum Gasteiger partial charge on any atom is -0.355 e. The van der Waals surface area contributed by atoms with Crippen molar-refractivity contribution in [1.29, 1.82) is 0 Å². The van der Waals surface area contributed by atoms with Crippen molar-refractivity contribution < 1.29 is 9.18 Å². The first-order valence-electron chi connectivity index (χ1n) is 11.5. The van der Waals surface area contributed by atoms with E-state index in [1.54, 1.807) is 34.8 Å². The number of aromatic nitrogens is 5. The maximum absolute atomic E-state index is 14.6. The Bertz CT molecular complexity index is 1900. The molecule has 0 saturated heterocycles. The lowest BCUT2D eigenvalue weighted by atomic mass is 10.0. The number of imidazole rings is 2. The summed E-state index contributed by atoms with van der Waals surface area (Å²) >= 11 is 1.48. The molecule has 1 amide bonds. The van der Waals surface area contributed by atoms with Gasteiger partial charge >= 0.3 is 5.69 Å². The van der Waals surface area contributed by atoms with Crippen molar-refractivity contribution in [3.05, 3.63) is 87.4 Å². The van der Waals surface area contributed by atoms with E-state index in [1.165, 1.54) is 30.5 Å². The van der Waals surface area contributed by atoms with Crippen LogP contribution in [0.5, 0.6) is 0 Å². The zero-order valence-electron chi connectivity index (χ0n) is 20.2. The van der Waals surface area contributed by atoms with Crippen LogP contribution in [0, 0.1) is 5.82 Å². The number of hydrogen-bond acceptors (Lipinski definition) is 5. The van der Waals surface area contributed by atoms with Gasteiger partial charge in [-0.05, 0) is 53.6 Å². The van der Waals surface area contributed by atoms with E-state index in [0.717, 1.165) is 33.5 Å². The number of thiazole rings is 1. The van der Waals surface area contributed by atoms with Crippen LogP contribution in [0.2, 0.25) is 0 Å². The van der Waals surface area contributed by atoms with Crippen LogP contribution >= 0.6 is 11.3 Å². The van der Waals surface area contributed by atoms with E-state index in [2.05, 4.69) is 10.3 Å². The third-order valence-corrected chi connectivity index (χ3v) is 7.19. The second-order valence-corrected chi connectivity index (χ2v) is 9.41. The van der Waals surface area contributed by atoms with E-state index in [0.29, 0.717) is 16.9 Å². The topological polar surface area (TPSA) is 86.7 Å². The molecule has 0 bridgehead atoms. The van der Waals surface area contributed by atoms with Gasteiger partial charge in [-0.1, -0.05) is 12.1 Å². The van der Waals surface area contributed by atoms with Gasteiger partial charge in [0, 0.05) is 32.2 Å². The number of hydrogen-bond donors (Lipinski definition) is 1. The van der Waals surface area contributed by atoms with Crippen LogP contribution in [0.15, 0.2) is 70.3 Å². The summed E-state index contributed by atoms with van der Waals surface area (Å²) in [5, 5.41) is 4.38. The Hall–Kier alpha value is -4.57.